The summed E-state index contributed by atoms with van der Waals surface area (Å²) < 4.78 is 7.52. The predicted molar refractivity (Wildman–Crippen MR) is 154 cm³/mol. The minimum atomic E-state index is 0. The van der Waals surface area contributed by atoms with Gasteiger partial charge in [0.1, 0.15) is 5.58 Å². The standard InChI is InChI=1S/C21H14NOS.C12H10N.Ir/c1-12-6-7-17(22-11-12)14-4-3-5-15-20-16-10-13(2)24-19(16)9-8-18(20)23-21(14)15;1-10-7-8-12(13-9-10)11-5-3-2-4-6-11;/h3,5-11H,1-2H3;2-5,7-9H,1H3;/q2*-1;. The zero-order chi connectivity index (χ0) is 25.4. The van der Waals surface area contributed by atoms with E-state index in [-0.39, 0.29) is 20.1 Å². The molecule has 0 aliphatic rings. The molecule has 0 atom stereocenters. The minimum absolute atomic E-state index is 0. The fourth-order valence-electron chi connectivity index (χ4n) is 4.46. The molecule has 0 saturated carbocycles. The van der Waals surface area contributed by atoms with E-state index in [0.717, 1.165) is 44.6 Å². The van der Waals surface area contributed by atoms with Gasteiger partial charge in [-0.2, -0.15) is 0 Å². The van der Waals surface area contributed by atoms with E-state index in [1.807, 2.05) is 80.0 Å². The molecular formula is C33H24IrN2OS-2. The zero-order valence-electron chi connectivity index (χ0n) is 21.2. The summed E-state index contributed by atoms with van der Waals surface area (Å²) in [6, 6.07) is 33.0. The van der Waals surface area contributed by atoms with Crippen LogP contribution in [-0.4, -0.2) is 9.97 Å². The number of hydrogen-bond donors (Lipinski definition) is 0. The second-order valence-corrected chi connectivity index (χ2v) is 10.4. The summed E-state index contributed by atoms with van der Waals surface area (Å²) in [5, 5.41) is 3.58. The summed E-state index contributed by atoms with van der Waals surface area (Å²) in [5.74, 6) is 0. The van der Waals surface area contributed by atoms with Crippen LogP contribution in [0.2, 0.25) is 0 Å². The third-order valence-electron chi connectivity index (χ3n) is 6.28. The Morgan fingerprint density at radius 1 is 0.737 bits per heavy atom. The number of fused-ring (bicyclic) bond motifs is 5. The van der Waals surface area contributed by atoms with Crippen LogP contribution in [0.3, 0.4) is 0 Å². The molecule has 4 aromatic heterocycles. The van der Waals surface area contributed by atoms with Gasteiger partial charge in [-0.15, -0.1) is 65.4 Å². The molecule has 0 amide bonds. The molecule has 5 heteroatoms. The smallest absolute Gasteiger partial charge is 0.121 e. The predicted octanol–water partition coefficient (Wildman–Crippen LogP) is 9.13. The number of furan rings is 1. The molecule has 38 heavy (non-hydrogen) atoms. The first-order valence-electron chi connectivity index (χ1n) is 12.2. The first kappa shape index (κ1) is 26.0. The Balaban J connectivity index is 0.000000179. The molecule has 3 aromatic carbocycles. The zero-order valence-corrected chi connectivity index (χ0v) is 24.4. The average molecular weight is 689 g/mol. The second-order valence-electron chi connectivity index (χ2n) is 9.12. The van der Waals surface area contributed by atoms with Gasteiger partial charge < -0.3 is 14.4 Å². The molecule has 0 unspecified atom stereocenters. The van der Waals surface area contributed by atoms with Crippen molar-refractivity contribution in [1.82, 2.24) is 9.97 Å². The van der Waals surface area contributed by atoms with Crippen LogP contribution in [-0.2, 0) is 20.1 Å². The molecule has 3 nitrogen and oxygen atoms in total. The molecule has 4 heterocycles. The summed E-state index contributed by atoms with van der Waals surface area (Å²) in [7, 11) is 0. The largest absolute Gasteiger partial charge is 0.501 e. The Kier molecular flexibility index (Phi) is 7.53. The molecule has 0 bridgehead atoms. The average Bonchev–Trinajstić information content (AvgIpc) is 3.50. The summed E-state index contributed by atoms with van der Waals surface area (Å²) in [6.45, 7) is 6.22. The van der Waals surface area contributed by atoms with Crippen LogP contribution >= 0.6 is 11.3 Å². The number of rotatable bonds is 2. The summed E-state index contributed by atoms with van der Waals surface area (Å²) in [6.07, 6.45) is 3.75. The molecule has 7 rings (SSSR count). The van der Waals surface area contributed by atoms with Crippen molar-refractivity contribution in [2.75, 3.05) is 0 Å². The number of pyridine rings is 2. The van der Waals surface area contributed by atoms with Gasteiger partial charge >= 0.3 is 0 Å². The molecule has 0 spiro atoms. The van der Waals surface area contributed by atoms with Crippen LogP contribution in [0, 0.1) is 32.9 Å². The Hall–Kier alpha value is -3.63. The number of hydrogen-bond acceptors (Lipinski definition) is 4. The SMILES string of the molecule is Cc1ccc(-c2[c-]ccc3c2oc2ccc4sc(C)cc4c23)nc1.Cc1ccc(-c2[c-]cccc2)nc1.[Ir]. The minimum Gasteiger partial charge on any atom is -0.501 e. The van der Waals surface area contributed by atoms with E-state index in [4.69, 9.17) is 4.42 Å². The quantitative estimate of drug-likeness (QED) is 0.170. The fraction of sp³-hybridized carbons (Fsp3) is 0.0909. The molecule has 189 valence electrons. The Morgan fingerprint density at radius 3 is 2.18 bits per heavy atom. The first-order valence-corrected chi connectivity index (χ1v) is 13.0. The van der Waals surface area contributed by atoms with Gasteiger partial charge in [0.05, 0.1) is 5.58 Å². The van der Waals surface area contributed by atoms with Crippen molar-refractivity contribution in [3.63, 3.8) is 0 Å². The normalized spacial score (nSPS) is 10.8. The van der Waals surface area contributed by atoms with E-state index >= 15 is 0 Å². The molecular weight excluding hydrogens is 665 g/mol. The third-order valence-corrected chi connectivity index (χ3v) is 7.30. The van der Waals surface area contributed by atoms with Crippen LogP contribution in [0.5, 0.6) is 0 Å². The van der Waals surface area contributed by atoms with E-state index in [2.05, 4.69) is 65.4 Å². The van der Waals surface area contributed by atoms with Gasteiger partial charge in [-0.25, -0.2) is 0 Å². The number of benzene rings is 3. The van der Waals surface area contributed by atoms with Crippen LogP contribution in [0.4, 0.5) is 0 Å². The molecule has 0 aliphatic heterocycles. The van der Waals surface area contributed by atoms with Crippen molar-refractivity contribution < 1.29 is 24.5 Å². The Bertz CT molecular complexity index is 1840. The number of aryl methyl sites for hydroxylation is 3. The topological polar surface area (TPSA) is 38.9 Å². The van der Waals surface area contributed by atoms with Gasteiger partial charge in [-0.05, 0) is 61.5 Å². The summed E-state index contributed by atoms with van der Waals surface area (Å²) >= 11 is 1.82. The maximum Gasteiger partial charge on any atom is 0.121 e. The van der Waals surface area contributed by atoms with Gasteiger partial charge in [0, 0.05) is 52.8 Å². The van der Waals surface area contributed by atoms with Crippen molar-refractivity contribution in [3.05, 3.63) is 119 Å². The van der Waals surface area contributed by atoms with Crippen molar-refractivity contribution in [1.29, 1.82) is 0 Å². The van der Waals surface area contributed by atoms with Gasteiger partial charge in [0.15, 0.2) is 0 Å². The number of nitrogens with zero attached hydrogens (tertiary/aromatic N) is 2. The summed E-state index contributed by atoms with van der Waals surface area (Å²) in [5.41, 5.74) is 7.94. The molecule has 0 fully saturated rings. The second kappa shape index (κ2) is 11.0. The monoisotopic (exact) mass is 689 g/mol. The number of aromatic nitrogens is 2. The van der Waals surface area contributed by atoms with Gasteiger partial charge in [0.25, 0.3) is 0 Å². The van der Waals surface area contributed by atoms with E-state index in [1.165, 1.54) is 25.9 Å². The fourth-order valence-corrected chi connectivity index (χ4v) is 5.40. The first-order chi connectivity index (χ1) is 18.1. The Morgan fingerprint density at radius 2 is 1.50 bits per heavy atom. The molecule has 0 aliphatic carbocycles. The number of thiophene rings is 1. The van der Waals surface area contributed by atoms with Crippen LogP contribution in [0.25, 0.3) is 54.5 Å². The van der Waals surface area contributed by atoms with E-state index < -0.39 is 0 Å². The Labute approximate surface area is 239 Å². The van der Waals surface area contributed by atoms with Crippen LogP contribution < -0.4 is 0 Å². The van der Waals surface area contributed by atoms with Crippen LogP contribution in [0.1, 0.15) is 16.0 Å². The van der Waals surface area contributed by atoms with Gasteiger partial charge in [-0.3, -0.25) is 0 Å². The maximum atomic E-state index is 6.22. The van der Waals surface area contributed by atoms with Crippen molar-refractivity contribution in [3.8, 4) is 22.5 Å². The summed E-state index contributed by atoms with van der Waals surface area (Å²) in [4.78, 5) is 10.2. The molecule has 7 aromatic rings. The van der Waals surface area contributed by atoms with E-state index in [1.54, 1.807) is 0 Å². The van der Waals surface area contributed by atoms with E-state index in [9.17, 15) is 0 Å². The van der Waals surface area contributed by atoms with Crippen molar-refractivity contribution in [2.24, 2.45) is 0 Å². The third kappa shape index (κ3) is 5.06. The van der Waals surface area contributed by atoms with Gasteiger partial charge in [-0.1, -0.05) is 35.2 Å². The molecule has 1 radical (unpaired) electrons. The van der Waals surface area contributed by atoms with Crippen molar-refractivity contribution in [2.45, 2.75) is 20.8 Å². The molecule has 0 N–H and O–H groups in total. The van der Waals surface area contributed by atoms with Gasteiger partial charge in [0.2, 0.25) is 0 Å². The maximum absolute atomic E-state index is 6.22. The van der Waals surface area contributed by atoms with E-state index in [0.29, 0.717) is 0 Å². The molecule has 0 saturated heterocycles. The van der Waals surface area contributed by atoms with Crippen molar-refractivity contribution >= 4 is 43.4 Å². The van der Waals surface area contributed by atoms with Crippen LogP contribution in [0.15, 0.2) is 95.7 Å².